The molecular formula is C15H20N2O. The predicted octanol–water partition coefficient (Wildman–Crippen LogP) is 1.96. The highest BCUT2D eigenvalue weighted by atomic mass is 16.2. The van der Waals surface area contributed by atoms with Gasteiger partial charge in [0.1, 0.15) is 0 Å². The molecule has 3 heteroatoms. The Bertz CT molecular complexity index is 454. The first kappa shape index (κ1) is 12.8. The second kappa shape index (κ2) is 5.83. The standard InChI is InChI=1S/C15H20N2O/c1-12-5-2-3-6-13(12)8-9-15(18)17-10-4-7-14(17)11-16/h2-3,5-6,8-9,14H,4,7,10-11,16H2,1H3/b9-8+. The number of amides is 1. The van der Waals surface area contributed by atoms with E-state index in [9.17, 15) is 4.79 Å². The zero-order valence-electron chi connectivity index (χ0n) is 10.8. The number of likely N-dealkylation sites (tertiary alicyclic amines) is 1. The van der Waals surface area contributed by atoms with Gasteiger partial charge in [0.15, 0.2) is 0 Å². The van der Waals surface area contributed by atoms with Gasteiger partial charge < -0.3 is 10.6 Å². The van der Waals surface area contributed by atoms with E-state index in [0.717, 1.165) is 24.9 Å². The van der Waals surface area contributed by atoms with Crippen LogP contribution in [0.2, 0.25) is 0 Å². The summed E-state index contributed by atoms with van der Waals surface area (Å²) >= 11 is 0. The van der Waals surface area contributed by atoms with Crippen LogP contribution in [0, 0.1) is 6.92 Å². The smallest absolute Gasteiger partial charge is 0.246 e. The van der Waals surface area contributed by atoms with Crippen molar-refractivity contribution in [2.24, 2.45) is 5.73 Å². The number of rotatable bonds is 3. The van der Waals surface area contributed by atoms with E-state index in [4.69, 9.17) is 5.73 Å². The first-order chi connectivity index (χ1) is 8.72. The van der Waals surface area contributed by atoms with Crippen molar-refractivity contribution < 1.29 is 4.79 Å². The van der Waals surface area contributed by atoms with Crippen LogP contribution in [0.4, 0.5) is 0 Å². The van der Waals surface area contributed by atoms with E-state index in [1.165, 1.54) is 5.56 Å². The number of nitrogens with two attached hydrogens (primary N) is 1. The minimum atomic E-state index is 0.0752. The monoisotopic (exact) mass is 244 g/mol. The van der Waals surface area contributed by atoms with E-state index in [0.29, 0.717) is 6.54 Å². The summed E-state index contributed by atoms with van der Waals surface area (Å²) in [7, 11) is 0. The number of aryl methyl sites for hydroxylation is 1. The molecule has 2 N–H and O–H groups in total. The molecule has 1 aliphatic heterocycles. The van der Waals surface area contributed by atoms with Gasteiger partial charge in [-0.3, -0.25) is 4.79 Å². The van der Waals surface area contributed by atoms with E-state index in [1.54, 1.807) is 6.08 Å². The van der Waals surface area contributed by atoms with Crippen LogP contribution in [0.15, 0.2) is 30.3 Å². The van der Waals surface area contributed by atoms with Gasteiger partial charge in [0.25, 0.3) is 0 Å². The van der Waals surface area contributed by atoms with Crippen LogP contribution in [-0.4, -0.2) is 29.9 Å². The van der Waals surface area contributed by atoms with Crippen LogP contribution in [0.5, 0.6) is 0 Å². The summed E-state index contributed by atoms with van der Waals surface area (Å²) in [4.78, 5) is 14.0. The highest BCUT2D eigenvalue weighted by Gasteiger charge is 2.25. The molecule has 0 aliphatic carbocycles. The summed E-state index contributed by atoms with van der Waals surface area (Å²) in [6.45, 7) is 3.44. The molecule has 0 bridgehead atoms. The molecule has 1 amide bonds. The maximum atomic E-state index is 12.1. The lowest BCUT2D eigenvalue weighted by molar-refractivity contribution is -0.126. The zero-order valence-corrected chi connectivity index (χ0v) is 10.8. The third-order valence-corrected chi connectivity index (χ3v) is 3.53. The predicted molar refractivity (Wildman–Crippen MR) is 74.0 cm³/mol. The normalized spacial score (nSPS) is 19.7. The maximum absolute atomic E-state index is 12.1. The number of nitrogens with zero attached hydrogens (tertiary/aromatic N) is 1. The Balaban J connectivity index is 2.05. The topological polar surface area (TPSA) is 46.3 Å². The molecule has 1 atom stereocenters. The first-order valence-electron chi connectivity index (χ1n) is 6.46. The van der Waals surface area contributed by atoms with E-state index in [1.807, 2.05) is 42.2 Å². The summed E-state index contributed by atoms with van der Waals surface area (Å²) in [6.07, 6.45) is 5.64. The van der Waals surface area contributed by atoms with Crippen molar-refractivity contribution in [3.05, 3.63) is 41.5 Å². The maximum Gasteiger partial charge on any atom is 0.246 e. The summed E-state index contributed by atoms with van der Waals surface area (Å²) in [5, 5.41) is 0. The van der Waals surface area contributed by atoms with Gasteiger partial charge in [-0.2, -0.15) is 0 Å². The summed E-state index contributed by atoms with van der Waals surface area (Å²) in [5.41, 5.74) is 7.95. The SMILES string of the molecule is Cc1ccccc1/C=C/C(=O)N1CCCC1CN. The molecule has 0 aromatic heterocycles. The van der Waals surface area contributed by atoms with Crippen molar-refractivity contribution in [2.75, 3.05) is 13.1 Å². The Hall–Kier alpha value is -1.61. The summed E-state index contributed by atoms with van der Waals surface area (Å²) in [6, 6.07) is 8.26. The molecule has 0 spiro atoms. The Labute approximate surface area is 108 Å². The molecule has 2 rings (SSSR count). The second-order valence-corrected chi connectivity index (χ2v) is 4.75. The fourth-order valence-corrected chi connectivity index (χ4v) is 2.40. The van der Waals surface area contributed by atoms with Crippen molar-refractivity contribution in [3.8, 4) is 0 Å². The van der Waals surface area contributed by atoms with Crippen LogP contribution in [0.3, 0.4) is 0 Å². The fraction of sp³-hybridized carbons (Fsp3) is 0.400. The molecule has 0 radical (unpaired) electrons. The zero-order chi connectivity index (χ0) is 13.0. The Kier molecular flexibility index (Phi) is 4.15. The minimum absolute atomic E-state index is 0.0752. The Morgan fingerprint density at radius 2 is 2.28 bits per heavy atom. The molecule has 96 valence electrons. The molecule has 1 aromatic rings. The van der Waals surface area contributed by atoms with Crippen LogP contribution in [-0.2, 0) is 4.79 Å². The summed E-state index contributed by atoms with van der Waals surface area (Å²) in [5.74, 6) is 0.0752. The van der Waals surface area contributed by atoms with Crippen molar-refractivity contribution in [1.29, 1.82) is 0 Å². The molecule has 1 fully saturated rings. The third-order valence-electron chi connectivity index (χ3n) is 3.53. The molecule has 1 unspecified atom stereocenters. The lowest BCUT2D eigenvalue weighted by atomic mass is 10.1. The number of carbonyl (C=O) groups excluding carboxylic acids is 1. The molecule has 0 saturated carbocycles. The average molecular weight is 244 g/mol. The van der Waals surface area contributed by atoms with E-state index >= 15 is 0 Å². The Morgan fingerprint density at radius 1 is 1.50 bits per heavy atom. The number of hydrogen-bond donors (Lipinski definition) is 1. The molecule has 1 aromatic carbocycles. The average Bonchev–Trinajstić information content (AvgIpc) is 2.86. The summed E-state index contributed by atoms with van der Waals surface area (Å²) < 4.78 is 0. The van der Waals surface area contributed by atoms with Gasteiger partial charge in [0.2, 0.25) is 5.91 Å². The lowest BCUT2D eigenvalue weighted by Gasteiger charge is -2.21. The van der Waals surface area contributed by atoms with Gasteiger partial charge in [-0.25, -0.2) is 0 Å². The van der Waals surface area contributed by atoms with E-state index in [-0.39, 0.29) is 11.9 Å². The van der Waals surface area contributed by atoms with Crippen LogP contribution in [0.25, 0.3) is 6.08 Å². The highest BCUT2D eigenvalue weighted by molar-refractivity contribution is 5.92. The minimum Gasteiger partial charge on any atom is -0.335 e. The molecule has 1 saturated heterocycles. The van der Waals surface area contributed by atoms with Crippen molar-refractivity contribution in [1.82, 2.24) is 4.90 Å². The van der Waals surface area contributed by atoms with Gasteiger partial charge in [0, 0.05) is 25.2 Å². The van der Waals surface area contributed by atoms with Crippen LogP contribution >= 0.6 is 0 Å². The van der Waals surface area contributed by atoms with E-state index in [2.05, 4.69) is 0 Å². The first-order valence-corrected chi connectivity index (χ1v) is 6.46. The van der Waals surface area contributed by atoms with Crippen LogP contribution < -0.4 is 5.73 Å². The Morgan fingerprint density at radius 3 is 3.00 bits per heavy atom. The number of benzene rings is 1. The second-order valence-electron chi connectivity index (χ2n) is 4.75. The fourth-order valence-electron chi connectivity index (χ4n) is 2.40. The van der Waals surface area contributed by atoms with Crippen molar-refractivity contribution in [2.45, 2.75) is 25.8 Å². The number of hydrogen-bond acceptors (Lipinski definition) is 2. The highest BCUT2D eigenvalue weighted by Crippen LogP contribution is 2.17. The molecule has 1 aliphatic rings. The van der Waals surface area contributed by atoms with Crippen molar-refractivity contribution in [3.63, 3.8) is 0 Å². The van der Waals surface area contributed by atoms with Gasteiger partial charge in [-0.15, -0.1) is 0 Å². The molecule has 3 nitrogen and oxygen atoms in total. The molecule has 18 heavy (non-hydrogen) atoms. The third kappa shape index (κ3) is 2.79. The van der Waals surface area contributed by atoms with E-state index < -0.39 is 0 Å². The van der Waals surface area contributed by atoms with Gasteiger partial charge >= 0.3 is 0 Å². The number of carbonyl (C=O) groups is 1. The molecular weight excluding hydrogens is 224 g/mol. The molecule has 1 heterocycles. The largest absolute Gasteiger partial charge is 0.335 e. The van der Waals surface area contributed by atoms with Gasteiger partial charge in [-0.1, -0.05) is 24.3 Å². The van der Waals surface area contributed by atoms with Crippen molar-refractivity contribution >= 4 is 12.0 Å². The van der Waals surface area contributed by atoms with Gasteiger partial charge in [-0.05, 0) is 37.0 Å². The van der Waals surface area contributed by atoms with Crippen LogP contribution in [0.1, 0.15) is 24.0 Å². The lowest BCUT2D eigenvalue weighted by Crippen LogP contribution is -2.38. The van der Waals surface area contributed by atoms with Gasteiger partial charge in [0.05, 0.1) is 0 Å². The quantitative estimate of drug-likeness (QED) is 0.826.